The van der Waals surface area contributed by atoms with E-state index in [1.54, 1.807) is 0 Å². The highest BCUT2D eigenvalue weighted by Gasteiger charge is 2.33. The Balaban J connectivity index is 1.63. The Morgan fingerprint density at radius 3 is 2.95 bits per heavy atom. The third-order valence-corrected chi connectivity index (χ3v) is 4.72. The van der Waals surface area contributed by atoms with E-state index in [2.05, 4.69) is 21.8 Å². The van der Waals surface area contributed by atoms with Gasteiger partial charge in [0.25, 0.3) is 0 Å². The predicted molar refractivity (Wildman–Crippen MR) is 77.5 cm³/mol. The van der Waals surface area contributed by atoms with Gasteiger partial charge in [-0.2, -0.15) is 0 Å². The first-order chi connectivity index (χ1) is 9.69. The average Bonchev–Trinajstić information content (AvgIpc) is 3.17. The van der Waals surface area contributed by atoms with E-state index in [-0.39, 0.29) is 11.3 Å². The quantitative estimate of drug-likeness (QED) is 0.897. The first-order valence-corrected chi connectivity index (χ1v) is 7.68. The van der Waals surface area contributed by atoms with Gasteiger partial charge in [0, 0.05) is 49.9 Å². The van der Waals surface area contributed by atoms with E-state index < -0.39 is 0 Å². The number of hydrogen-bond donors (Lipinski definition) is 1. The number of hydrogen-bond acceptors (Lipinski definition) is 3. The summed E-state index contributed by atoms with van der Waals surface area (Å²) in [5, 5.41) is 3.42. The van der Waals surface area contributed by atoms with E-state index in [1.165, 1.54) is 5.69 Å². The molecular formula is C15H24N4O. The van der Waals surface area contributed by atoms with Crippen molar-refractivity contribution in [2.24, 2.45) is 0 Å². The highest BCUT2D eigenvalue weighted by atomic mass is 16.2. The van der Waals surface area contributed by atoms with Crippen LogP contribution in [0.25, 0.3) is 0 Å². The van der Waals surface area contributed by atoms with Crippen LogP contribution in [0, 0.1) is 0 Å². The van der Waals surface area contributed by atoms with Crippen molar-refractivity contribution < 1.29 is 4.79 Å². The lowest BCUT2D eigenvalue weighted by molar-refractivity contribution is -0.130. The van der Waals surface area contributed by atoms with Gasteiger partial charge in [-0.1, -0.05) is 6.92 Å². The summed E-state index contributed by atoms with van der Waals surface area (Å²) >= 11 is 0. The Kier molecular flexibility index (Phi) is 3.78. The zero-order valence-electron chi connectivity index (χ0n) is 12.3. The number of nitrogens with one attached hydrogen (secondary N) is 1. The molecule has 2 fully saturated rings. The maximum atomic E-state index is 12.1. The Bertz CT molecular complexity index is 470. The average molecular weight is 276 g/mol. The van der Waals surface area contributed by atoms with E-state index in [1.807, 2.05) is 17.4 Å². The first kappa shape index (κ1) is 13.6. The molecule has 5 heteroatoms. The predicted octanol–water partition coefficient (Wildman–Crippen LogP) is 1.15. The van der Waals surface area contributed by atoms with Crippen molar-refractivity contribution in [3.63, 3.8) is 0 Å². The Morgan fingerprint density at radius 1 is 1.45 bits per heavy atom. The van der Waals surface area contributed by atoms with E-state index in [0.29, 0.717) is 6.42 Å². The number of amides is 1. The van der Waals surface area contributed by atoms with Crippen LogP contribution < -0.4 is 5.32 Å². The first-order valence-electron chi connectivity index (χ1n) is 7.68. The van der Waals surface area contributed by atoms with E-state index in [0.717, 1.165) is 52.0 Å². The Hall–Kier alpha value is -1.36. The molecule has 0 radical (unpaired) electrons. The van der Waals surface area contributed by atoms with Gasteiger partial charge in [0.15, 0.2) is 0 Å². The lowest BCUT2D eigenvalue weighted by Crippen LogP contribution is -2.30. The molecule has 1 amide bonds. The molecule has 2 aliphatic rings. The Morgan fingerprint density at radius 2 is 2.25 bits per heavy atom. The molecule has 1 aromatic rings. The molecule has 110 valence electrons. The van der Waals surface area contributed by atoms with Crippen molar-refractivity contribution in [2.45, 2.75) is 44.6 Å². The minimum absolute atomic E-state index is 0.160. The molecule has 2 aliphatic heterocycles. The molecule has 0 aliphatic carbocycles. The fourth-order valence-corrected chi connectivity index (χ4v) is 3.38. The zero-order valence-corrected chi connectivity index (χ0v) is 12.3. The van der Waals surface area contributed by atoms with Gasteiger partial charge in [-0.3, -0.25) is 4.79 Å². The molecule has 20 heavy (non-hydrogen) atoms. The lowest BCUT2D eigenvalue weighted by Gasteiger charge is -2.24. The van der Waals surface area contributed by atoms with Gasteiger partial charge in [0.2, 0.25) is 5.91 Å². The third kappa shape index (κ3) is 2.59. The van der Waals surface area contributed by atoms with Crippen LogP contribution in [0.5, 0.6) is 0 Å². The molecule has 1 atom stereocenters. The maximum absolute atomic E-state index is 12.1. The van der Waals surface area contributed by atoms with Crippen molar-refractivity contribution in [3.8, 4) is 0 Å². The van der Waals surface area contributed by atoms with Crippen LogP contribution in [0.4, 0.5) is 0 Å². The number of carbonyl (C=O) groups excluding carboxylic acids is 1. The van der Waals surface area contributed by atoms with Gasteiger partial charge in [-0.25, -0.2) is 4.98 Å². The van der Waals surface area contributed by atoms with E-state index >= 15 is 0 Å². The minimum atomic E-state index is 0.160. The SMILES string of the molecule is CC1(c2cncn2CCC(=O)N2CCCC2)CCNC1. The van der Waals surface area contributed by atoms with E-state index in [4.69, 9.17) is 0 Å². The van der Waals surface area contributed by atoms with Crippen molar-refractivity contribution in [1.29, 1.82) is 0 Å². The van der Waals surface area contributed by atoms with Gasteiger partial charge < -0.3 is 14.8 Å². The summed E-state index contributed by atoms with van der Waals surface area (Å²) in [7, 11) is 0. The molecule has 3 rings (SSSR count). The summed E-state index contributed by atoms with van der Waals surface area (Å²) in [6, 6.07) is 0. The molecule has 5 nitrogen and oxygen atoms in total. The summed E-state index contributed by atoms with van der Waals surface area (Å²) in [6.45, 7) is 6.98. The second-order valence-corrected chi connectivity index (χ2v) is 6.30. The zero-order chi connectivity index (χ0) is 14.0. The summed E-state index contributed by atoms with van der Waals surface area (Å²) in [5.74, 6) is 0.289. The number of aromatic nitrogens is 2. The molecule has 0 saturated carbocycles. The summed E-state index contributed by atoms with van der Waals surface area (Å²) in [4.78, 5) is 18.4. The monoisotopic (exact) mass is 276 g/mol. The molecule has 2 saturated heterocycles. The van der Waals surface area contributed by atoms with Crippen LogP contribution in [0.2, 0.25) is 0 Å². The number of rotatable bonds is 4. The number of carbonyl (C=O) groups is 1. The van der Waals surface area contributed by atoms with Crippen LogP contribution >= 0.6 is 0 Å². The molecule has 1 unspecified atom stereocenters. The van der Waals surface area contributed by atoms with Crippen LogP contribution in [-0.4, -0.2) is 46.5 Å². The number of likely N-dealkylation sites (tertiary alicyclic amines) is 1. The van der Waals surface area contributed by atoms with Gasteiger partial charge in [-0.05, 0) is 25.8 Å². The normalized spacial score (nSPS) is 26.4. The largest absolute Gasteiger partial charge is 0.343 e. The third-order valence-electron chi connectivity index (χ3n) is 4.72. The van der Waals surface area contributed by atoms with Gasteiger partial charge in [0.1, 0.15) is 0 Å². The summed E-state index contributed by atoms with van der Waals surface area (Å²) in [6.07, 6.45) is 7.88. The van der Waals surface area contributed by atoms with Crippen LogP contribution in [-0.2, 0) is 16.8 Å². The Labute approximate surface area is 120 Å². The standard InChI is InChI=1S/C15H24N4O/c1-15(5-6-16-11-15)13-10-17-12-19(13)9-4-14(20)18-7-2-3-8-18/h10,12,16H,2-9,11H2,1H3. The molecule has 3 heterocycles. The highest BCUT2D eigenvalue weighted by molar-refractivity contribution is 5.76. The second kappa shape index (κ2) is 5.56. The van der Waals surface area contributed by atoms with Gasteiger partial charge >= 0.3 is 0 Å². The van der Waals surface area contributed by atoms with E-state index in [9.17, 15) is 4.79 Å². The fraction of sp³-hybridized carbons (Fsp3) is 0.733. The highest BCUT2D eigenvalue weighted by Crippen LogP contribution is 2.29. The number of imidazole rings is 1. The minimum Gasteiger partial charge on any atom is -0.343 e. The van der Waals surface area contributed by atoms with Crippen LogP contribution in [0.3, 0.4) is 0 Å². The number of nitrogens with zero attached hydrogens (tertiary/aromatic N) is 3. The van der Waals surface area contributed by atoms with Crippen molar-refractivity contribution >= 4 is 5.91 Å². The van der Waals surface area contributed by atoms with Crippen LogP contribution in [0.1, 0.15) is 38.3 Å². The van der Waals surface area contributed by atoms with Crippen molar-refractivity contribution in [1.82, 2.24) is 19.8 Å². The summed E-state index contributed by atoms with van der Waals surface area (Å²) < 4.78 is 2.17. The topological polar surface area (TPSA) is 50.2 Å². The fourth-order valence-electron chi connectivity index (χ4n) is 3.38. The van der Waals surface area contributed by atoms with Gasteiger partial charge in [-0.15, -0.1) is 0 Å². The molecule has 0 bridgehead atoms. The lowest BCUT2D eigenvalue weighted by atomic mass is 9.86. The van der Waals surface area contributed by atoms with Crippen molar-refractivity contribution in [2.75, 3.05) is 26.2 Å². The molecule has 0 spiro atoms. The van der Waals surface area contributed by atoms with Gasteiger partial charge in [0.05, 0.1) is 6.33 Å². The second-order valence-electron chi connectivity index (χ2n) is 6.30. The van der Waals surface area contributed by atoms with Crippen LogP contribution in [0.15, 0.2) is 12.5 Å². The molecular weight excluding hydrogens is 252 g/mol. The smallest absolute Gasteiger partial charge is 0.224 e. The molecule has 1 N–H and O–H groups in total. The number of aryl methyl sites for hydroxylation is 1. The maximum Gasteiger partial charge on any atom is 0.224 e. The molecule has 1 aromatic heterocycles. The summed E-state index contributed by atoms with van der Waals surface area (Å²) in [5.41, 5.74) is 1.42. The molecule has 0 aromatic carbocycles. The van der Waals surface area contributed by atoms with Crippen molar-refractivity contribution in [3.05, 3.63) is 18.2 Å².